The van der Waals surface area contributed by atoms with E-state index in [4.69, 9.17) is 16.3 Å². The maximum absolute atomic E-state index is 5.96. The molecule has 0 saturated carbocycles. The predicted molar refractivity (Wildman–Crippen MR) is 55.4 cm³/mol. The summed E-state index contributed by atoms with van der Waals surface area (Å²) in [5.41, 5.74) is 1.19. The number of hydrogen-bond acceptors (Lipinski definition) is 3. The van der Waals surface area contributed by atoms with Crippen LogP contribution in [0.15, 0.2) is 10.8 Å². The summed E-state index contributed by atoms with van der Waals surface area (Å²) in [6, 6.07) is 0.510. The molecule has 1 unspecified atom stereocenters. The van der Waals surface area contributed by atoms with Crippen molar-refractivity contribution in [3.8, 4) is 0 Å². The molecule has 1 aliphatic rings. The Bertz CT molecular complexity index is 270. The van der Waals surface area contributed by atoms with Crippen molar-refractivity contribution in [3.63, 3.8) is 0 Å². The van der Waals surface area contributed by atoms with Crippen molar-refractivity contribution in [3.05, 3.63) is 21.3 Å². The Kier molecular flexibility index (Phi) is 3.22. The van der Waals surface area contributed by atoms with Crippen LogP contribution in [0.4, 0.5) is 0 Å². The van der Waals surface area contributed by atoms with Crippen molar-refractivity contribution in [1.29, 1.82) is 0 Å². The number of nitrogens with one attached hydrogen (secondary N) is 1. The van der Waals surface area contributed by atoms with Gasteiger partial charge in [-0.05, 0) is 17.4 Å². The van der Waals surface area contributed by atoms with Crippen LogP contribution < -0.4 is 5.32 Å². The first-order valence-corrected chi connectivity index (χ1v) is 5.70. The maximum atomic E-state index is 5.96. The second-order valence-corrected chi connectivity index (χ2v) is 4.34. The number of rotatable bonds is 3. The summed E-state index contributed by atoms with van der Waals surface area (Å²) >= 11 is 7.61. The van der Waals surface area contributed by atoms with Crippen LogP contribution in [0.5, 0.6) is 0 Å². The second-order valence-electron chi connectivity index (χ2n) is 3.19. The van der Waals surface area contributed by atoms with Gasteiger partial charge >= 0.3 is 0 Å². The Morgan fingerprint density at radius 3 is 3.15 bits per heavy atom. The summed E-state index contributed by atoms with van der Waals surface area (Å²) < 4.78 is 5.26. The molecule has 2 rings (SSSR count). The summed E-state index contributed by atoms with van der Waals surface area (Å²) in [5.74, 6) is 0. The van der Waals surface area contributed by atoms with Gasteiger partial charge in [-0.3, -0.25) is 0 Å². The van der Waals surface area contributed by atoms with E-state index in [1.165, 1.54) is 5.56 Å². The van der Waals surface area contributed by atoms with Crippen LogP contribution in [0.25, 0.3) is 0 Å². The number of halogens is 1. The molecule has 1 aromatic rings. The number of hydrogen-bond donors (Lipinski definition) is 1. The SMILES string of the molecule is Clc1cscc1CNC1CCOC1. The summed E-state index contributed by atoms with van der Waals surface area (Å²) in [5, 5.41) is 8.34. The minimum absolute atomic E-state index is 0.510. The van der Waals surface area contributed by atoms with Crippen molar-refractivity contribution in [2.75, 3.05) is 13.2 Å². The molecule has 1 N–H and O–H groups in total. The molecule has 0 spiro atoms. The quantitative estimate of drug-likeness (QED) is 0.839. The van der Waals surface area contributed by atoms with E-state index in [1.54, 1.807) is 11.3 Å². The van der Waals surface area contributed by atoms with Crippen LogP contribution in [0, 0.1) is 0 Å². The summed E-state index contributed by atoms with van der Waals surface area (Å²) in [4.78, 5) is 0. The minimum atomic E-state index is 0.510. The van der Waals surface area contributed by atoms with E-state index in [9.17, 15) is 0 Å². The van der Waals surface area contributed by atoms with Gasteiger partial charge in [0.1, 0.15) is 0 Å². The highest BCUT2D eigenvalue weighted by Gasteiger charge is 2.14. The third kappa shape index (κ3) is 2.44. The van der Waals surface area contributed by atoms with E-state index in [0.29, 0.717) is 6.04 Å². The highest BCUT2D eigenvalue weighted by atomic mass is 35.5. The molecule has 2 nitrogen and oxygen atoms in total. The average Bonchev–Trinajstić information content (AvgIpc) is 2.72. The minimum Gasteiger partial charge on any atom is -0.380 e. The van der Waals surface area contributed by atoms with Gasteiger partial charge in [0.05, 0.1) is 11.6 Å². The number of thiophene rings is 1. The zero-order valence-electron chi connectivity index (χ0n) is 7.25. The summed E-state index contributed by atoms with van der Waals surface area (Å²) in [6.07, 6.45) is 1.11. The average molecular weight is 218 g/mol. The molecule has 0 aromatic carbocycles. The first-order chi connectivity index (χ1) is 6.36. The molecule has 1 fully saturated rings. The molecule has 2 heterocycles. The topological polar surface area (TPSA) is 21.3 Å². The molecule has 0 amide bonds. The molecule has 1 aliphatic heterocycles. The summed E-state index contributed by atoms with van der Waals surface area (Å²) in [6.45, 7) is 2.58. The maximum Gasteiger partial charge on any atom is 0.0620 e. The second kappa shape index (κ2) is 4.42. The van der Waals surface area contributed by atoms with Crippen LogP contribution in [0.1, 0.15) is 12.0 Å². The van der Waals surface area contributed by atoms with Crippen molar-refractivity contribution in [2.24, 2.45) is 0 Å². The molecule has 0 radical (unpaired) electrons. The largest absolute Gasteiger partial charge is 0.380 e. The monoisotopic (exact) mass is 217 g/mol. The standard InChI is InChI=1S/C9H12ClNOS/c10-9-6-13-5-7(9)3-11-8-1-2-12-4-8/h5-6,8,11H,1-4H2. The fourth-order valence-corrected chi connectivity index (χ4v) is 2.44. The van der Waals surface area contributed by atoms with Crippen LogP contribution in [0.2, 0.25) is 5.02 Å². The molecule has 72 valence electrons. The Hall–Kier alpha value is -0.0900. The fraction of sp³-hybridized carbons (Fsp3) is 0.556. The van der Waals surface area contributed by atoms with Crippen LogP contribution in [-0.4, -0.2) is 19.3 Å². The third-order valence-electron chi connectivity index (χ3n) is 2.20. The number of ether oxygens (including phenoxy) is 1. The Morgan fingerprint density at radius 1 is 1.62 bits per heavy atom. The molecule has 1 aromatic heterocycles. The zero-order chi connectivity index (χ0) is 9.10. The van der Waals surface area contributed by atoms with E-state index in [1.807, 2.05) is 5.38 Å². The van der Waals surface area contributed by atoms with E-state index in [2.05, 4.69) is 10.7 Å². The molecule has 1 atom stereocenters. The van der Waals surface area contributed by atoms with Crippen LogP contribution in [0.3, 0.4) is 0 Å². The fourth-order valence-electron chi connectivity index (χ4n) is 1.38. The van der Waals surface area contributed by atoms with Crippen molar-refractivity contribution < 1.29 is 4.74 Å². The highest BCUT2D eigenvalue weighted by Crippen LogP contribution is 2.20. The van der Waals surface area contributed by atoms with Crippen LogP contribution >= 0.6 is 22.9 Å². The smallest absolute Gasteiger partial charge is 0.0620 e. The van der Waals surface area contributed by atoms with Gasteiger partial charge in [-0.25, -0.2) is 0 Å². The van der Waals surface area contributed by atoms with Gasteiger partial charge in [-0.15, -0.1) is 0 Å². The van der Waals surface area contributed by atoms with Crippen molar-refractivity contribution >= 4 is 22.9 Å². The van der Waals surface area contributed by atoms with Crippen molar-refractivity contribution in [2.45, 2.75) is 19.0 Å². The van der Waals surface area contributed by atoms with E-state index in [-0.39, 0.29) is 0 Å². The van der Waals surface area contributed by atoms with E-state index >= 15 is 0 Å². The lowest BCUT2D eigenvalue weighted by molar-refractivity contribution is 0.190. The van der Waals surface area contributed by atoms with Crippen molar-refractivity contribution in [1.82, 2.24) is 5.32 Å². The lowest BCUT2D eigenvalue weighted by atomic mass is 10.2. The molecule has 13 heavy (non-hydrogen) atoms. The van der Waals surface area contributed by atoms with Gasteiger partial charge in [-0.2, -0.15) is 11.3 Å². The first-order valence-electron chi connectivity index (χ1n) is 4.38. The lowest BCUT2D eigenvalue weighted by Crippen LogP contribution is -2.28. The van der Waals surface area contributed by atoms with Gasteiger partial charge in [0, 0.05) is 24.6 Å². The molecule has 4 heteroatoms. The van der Waals surface area contributed by atoms with E-state index in [0.717, 1.165) is 31.2 Å². The van der Waals surface area contributed by atoms with Gasteiger partial charge in [0.15, 0.2) is 0 Å². The lowest BCUT2D eigenvalue weighted by Gasteiger charge is -2.09. The molecule has 0 aliphatic carbocycles. The molecular formula is C9H12ClNOS. The highest BCUT2D eigenvalue weighted by molar-refractivity contribution is 7.08. The van der Waals surface area contributed by atoms with E-state index < -0.39 is 0 Å². The van der Waals surface area contributed by atoms with Gasteiger partial charge in [-0.1, -0.05) is 11.6 Å². The Balaban J connectivity index is 1.82. The molecule has 0 bridgehead atoms. The summed E-state index contributed by atoms with van der Waals surface area (Å²) in [7, 11) is 0. The normalized spacial score (nSPS) is 22.4. The molecular weight excluding hydrogens is 206 g/mol. The molecule has 1 saturated heterocycles. The van der Waals surface area contributed by atoms with Gasteiger partial charge < -0.3 is 10.1 Å². The first kappa shape index (κ1) is 9.46. The zero-order valence-corrected chi connectivity index (χ0v) is 8.83. The van der Waals surface area contributed by atoms with Gasteiger partial charge in [0.25, 0.3) is 0 Å². The van der Waals surface area contributed by atoms with Crippen LogP contribution in [-0.2, 0) is 11.3 Å². The van der Waals surface area contributed by atoms with Gasteiger partial charge in [0.2, 0.25) is 0 Å². The Labute approximate surface area is 86.9 Å². The Morgan fingerprint density at radius 2 is 2.54 bits per heavy atom. The third-order valence-corrected chi connectivity index (χ3v) is 3.47. The predicted octanol–water partition coefficient (Wildman–Crippen LogP) is 2.28.